The highest BCUT2D eigenvalue weighted by molar-refractivity contribution is 5.93. The third-order valence-corrected chi connectivity index (χ3v) is 7.69. The van der Waals surface area contributed by atoms with Crippen LogP contribution >= 0.6 is 0 Å². The number of fused-ring (bicyclic) bond motifs is 1. The first-order chi connectivity index (χ1) is 13.9. The van der Waals surface area contributed by atoms with E-state index in [-0.39, 0.29) is 18.0 Å². The van der Waals surface area contributed by atoms with Gasteiger partial charge >= 0.3 is 17.9 Å². The minimum Gasteiger partial charge on any atom is -0.462 e. The number of hydrogen-bond acceptors (Lipinski definition) is 8. The quantitative estimate of drug-likeness (QED) is 0.319. The highest BCUT2D eigenvalue weighted by atomic mass is 16.7. The maximum atomic E-state index is 12.7. The van der Waals surface area contributed by atoms with E-state index in [2.05, 4.69) is 0 Å². The number of carbonyl (C=O) groups is 3. The average molecular weight is 420 g/mol. The van der Waals surface area contributed by atoms with Gasteiger partial charge in [-0.3, -0.25) is 4.79 Å². The molecule has 2 aliphatic heterocycles. The summed E-state index contributed by atoms with van der Waals surface area (Å²) in [6, 6.07) is 0. The van der Waals surface area contributed by atoms with Gasteiger partial charge in [0.25, 0.3) is 5.79 Å². The van der Waals surface area contributed by atoms with Gasteiger partial charge in [-0.25, -0.2) is 9.59 Å². The lowest BCUT2D eigenvalue weighted by atomic mass is 9.51. The number of rotatable bonds is 3. The highest BCUT2D eigenvalue weighted by Gasteiger charge is 2.84. The Kier molecular flexibility index (Phi) is 4.50. The largest absolute Gasteiger partial charge is 0.462 e. The van der Waals surface area contributed by atoms with Crippen molar-refractivity contribution in [2.75, 3.05) is 0 Å². The van der Waals surface area contributed by atoms with E-state index in [0.29, 0.717) is 29.6 Å². The number of aliphatic hydroxyl groups is 1. The third-order valence-electron chi connectivity index (χ3n) is 7.69. The monoisotopic (exact) mass is 420 g/mol. The van der Waals surface area contributed by atoms with Crippen LogP contribution in [0.4, 0.5) is 0 Å². The molecule has 2 saturated carbocycles. The van der Waals surface area contributed by atoms with Crippen molar-refractivity contribution >= 4 is 17.9 Å². The Morgan fingerprint density at radius 3 is 2.53 bits per heavy atom. The molecule has 1 spiro atoms. The first-order valence-corrected chi connectivity index (χ1v) is 10.3. The number of carbonyl (C=O) groups excluding carboxylic acids is 3. The van der Waals surface area contributed by atoms with Crippen LogP contribution in [0.5, 0.6) is 0 Å². The van der Waals surface area contributed by atoms with Crippen LogP contribution in [0.2, 0.25) is 0 Å². The molecule has 1 saturated heterocycles. The van der Waals surface area contributed by atoms with Gasteiger partial charge in [0.05, 0.1) is 6.10 Å². The molecule has 4 aliphatic rings. The number of epoxide rings is 1. The smallest absolute Gasteiger partial charge is 0.336 e. The van der Waals surface area contributed by atoms with Gasteiger partial charge in [0.15, 0.2) is 0 Å². The van der Waals surface area contributed by atoms with Gasteiger partial charge in [0, 0.05) is 41.4 Å². The highest BCUT2D eigenvalue weighted by Crippen LogP contribution is 2.71. The summed E-state index contributed by atoms with van der Waals surface area (Å²) in [5.41, 5.74) is -0.650. The van der Waals surface area contributed by atoms with Crippen LogP contribution < -0.4 is 0 Å². The lowest BCUT2D eigenvalue weighted by molar-refractivity contribution is -0.266. The molecule has 0 bridgehead atoms. The Morgan fingerprint density at radius 1 is 1.27 bits per heavy atom. The molecule has 4 rings (SSSR count). The molecule has 8 heteroatoms. The van der Waals surface area contributed by atoms with Gasteiger partial charge in [-0.15, -0.1) is 0 Å². The fourth-order valence-electron chi connectivity index (χ4n) is 5.59. The third kappa shape index (κ3) is 2.49. The van der Waals surface area contributed by atoms with Gasteiger partial charge in [-0.2, -0.15) is 0 Å². The normalized spacial score (nSPS) is 44.5. The molecule has 8 nitrogen and oxygen atoms in total. The molecule has 2 aliphatic carbocycles. The zero-order chi connectivity index (χ0) is 22.2. The fraction of sp³-hybridized carbons (Fsp3) is 0.682. The molecule has 0 amide bonds. The molecule has 1 N–H and O–H groups in total. The van der Waals surface area contributed by atoms with Crippen LogP contribution in [0.1, 0.15) is 54.4 Å². The summed E-state index contributed by atoms with van der Waals surface area (Å²) in [5, 5.41) is 11.5. The Bertz CT molecular complexity index is 903. The molecule has 2 heterocycles. The summed E-state index contributed by atoms with van der Waals surface area (Å²) in [6.07, 6.45) is 0.305. The topological polar surface area (TPSA) is 112 Å². The van der Waals surface area contributed by atoms with E-state index in [1.807, 2.05) is 13.8 Å². The van der Waals surface area contributed by atoms with Crippen molar-refractivity contribution in [3.63, 3.8) is 0 Å². The molecule has 0 radical (unpaired) electrons. The summed E-state index contributed by atoms with van der Waals surface area (Å²) in [5.74, 6) is -3.88. The second kappa shape index (κ2) is 6.40. The van der Waals surface area contributed by atoms with Crippen molar-refractivity contribution in [1.82, 2.24) is 0 Å². The molecule has 0 aromatic rings. The van der Waals surface area contributed by atoms with Crippen molar-refractivity contribution in [1.29, 1.82) is 0 Å². The predicted octanol–water partition coefficient (Wildman–Crippen LogP) is 1.95. The minimum atomic E-state index is -2.08. The SMILES string of the molecule is C/C=C(\C)C(=O)O[C@@H]1C23O[C@@H]2C[C@H](OC(C)=O)[C@H](C)[C@@]3(C)CC2=C(C)C(=O)O[C@@]21O. The van der Waals surface area contributed by atoms with Gasteiger partial charge in [-0.05, 0) is 27.2 Å². The van der Waals surface area contributed by atoms with Crippen molar-refractivity contribution in [2.45, 2.75) is 84.1 Å². The summed E-state index contributed by atoms with van der Waals surface area (Å²) in [4.78, 5) is 36.7. The summed E-state index contributed by atoms with van der Waals surface area (Å²) in [7, 11) is 0. The molecule has 7 atom stereocenters. The molecule has 1 unspecified atom stereocenters. The molecule has 30 heavy (non-hydrogen) atoms. The van der Waals surface area contributed by atoms with Crippen LogP contribution in [0.25, 0.3) is 0 Å². The summed E-state index contributed by atoms with van der Waals surface area (Å²) in [6.45, 7) is 10.2. The Hall–Kier alpha value is -2.19. The number of esters is 3. The van der Waals surface area contributed by atoms with E-state index in [1.54, 1.807) is 26.8 Å². The summed E-state index contributed by atoms with van der Waals surface area (Å²) >= 11 is 0. The van der Waals surface area contributed by atoms with Gasteiger partial charge in [0.2, 0.25) is 6.10 Å². The summed E-state index contributed by atoms with van der Waals surface area (Å²) < 4.78 is 22.9. The first kappa shape index (κ1) is 21.1. The predicted molar refractivity (Wildman–Crippen MR) is 103 cm³/mol. The maximum absolute atomic E-state index is 12.7. The van der Waals surface area contributed by atoms with E-state index < -0.39 is 40.9 Å². The Balaban J connectivity index is 1.82. The molecule has 164 valence electrons. The molecule has 0 aromatic carbocycles. The second-order valence-electron chi connectivity index (χ2n) is 9.11. The zero-order valence-electron chi connectivity index (χ0n) is 18.1. The molecule has 3 fully saturated rings. The van der Waals surface area contributed by atoms with E-state index in [4.69, 9.17) is 18.9 Å². The van der Waals surface area contributed by atoms with Crippen LogP contribution in [-0.2, 0) is 33.3 Å². The minimum absolute atomic E-state index is 0.176. The van der Waals surface area contributed by atoms with E-state index in [0.717, 1.165) is 0 Å². The van der Waals surface area contributed by atoms with Crippen LogP contribution in [0, 0.1) is 11.3 Å². The lowest BCUT2D eigenvalue weighted by Gasteiger charge is -2.55. The van der Waals surface area contributed by atoms with E-state index in [1.165, 1.54) is 6.92 Å². The second-order valence-corrected chi connectivity index (χ2v) is 9.11. The molecule has 0 aromatic heterocycles. The zero-order valence-corrected chi connectivity index (χ0v) is 18.1. The number of allylic oxidation sites excluding steroid dienone is 1. The van der Waals surface area contributed by atoms with Gasteiger partial charge < -0.3 is 24.1 Å². The maximum Gasteiger partial charge on any atom is 0.336 e. The van der Waals surface area contributed by atoms with Gasteiger partial charge in [-0.1, -0.05) is 19.9 Å². The Morgan fingerprint density at radius 2 is 1.93 bits per heavy atom. The van der Waals surface area contributed by atoms with Crippen molar-refractivity contribution in [3.05, 3.63) is 22.8 Å². The number of hydrogen-bond donors (Lipinski definition) is 1. The van der Waals surface area contributed by atoms with Crippen LogP contribution in [0.3, 0.4) is 0 Å². The average Bonchev–Trinajstić information content (AvgIpc) is 3.35. The Labute approximate surface area is 175 Å². The van der Waals surface area contributed by atoms with Crippen LogP contribution in [-0.4, -0.2) is 52.7 Å². The van der Waals surface area contributed by atoms with Crippen molar-refractivity contribution in [3.8, 4) is 0 Å². The van der Waals surface area contributed by atoms with E-state index in [9.17, 15) is 19.5 Å². The fourth-order valence-corrected chi connectivity index (χ4v) is 5.59. The lowest BCUT2D eigenvalue weighted by Crippen LogP contribution is -2.69. The van der Waals surface area contributed by atoms with Crippen molar-refractivity contribution in [2.24, 2.45) is 11.3 Å². The van der Waals surface area contributed by atoms with Crippen LogP contribution in [0.15, 0.2) is 22.8 Å². The first-order valence-electron chi connectivity index (χ1n) is 10.3. The molecular formula is C22H28O8. The standard InChI is InChI=1S/C22H28O8/c1-7-10(2)17(24)28-19-21-16(29-21)8-15(27-13(5)23)12(4)20(21,6)9-14-11(3)18(25)30-22(14,19)26/h7,12,15-16,19,26H,8-9H2,1-6H3/b10-7+/t12-,15-,16+,19+,20+,21?,22-/m0/s1. The number of ether oxygens (including phenoxy) is 4. The van der Waals surface area contributed by atoms with Crippen molar-refractivity contribution < 1.29 is 38.4 Å². The van der Waals surface area contributed by atoms with E-state index >= 15 is 0 Å². The van der Waals surface area contributed by atoms with Gasteiger partial charge in [0.1, 0.15) is 11.7 Å². The molecular weight excluding hydrogens is 392 g/mol.